The van der Waals surface area contributed by atoms with Gasteiger partial charge in [0.05, 0.1) is 0 Å². The van der Waals surface area contributed by atoms with Crippen molar-refractivity contribution >= 4 is 18.5 Å². The van der Waals surface area contributed by atoms with E-state index in [1.807, 2.05) is 30.3 Å². The lowest BCUT2D eigenvalue weighted by atomic mass is 10.3. The Morgan fingerprint density at radius 1 is 1.36 bits per heavy atom. The number of anilines is 1. The average Bonchev–Trinajstić information content (AvgIpc) is 2.08. The number of aliphatic hydroxyl groups is 1. The minimum atomic E-state index is 0.250. The molecule has 0 unspecified atom stereocenters. The second-order valence-electron chi connectivity index (χ2n) is 1.79. The molecule has 0 aliphatic heterocycles. The van der Waals surface area contributed by atoms with Gasteiger partial charge in [-0.3, -0.25) is 0 Å². The Morgan fingerprint density at radius 3 is 2.09 bits per heavy atom. The van der Waals surface area contributed by atoms with Gasteiger partial charge in [-0.05, 0) is 19.1 Å². The van der Waals surface area contributed by atoms with Crippen LogP contribution in [0.15, 0.2) is 30.3 Å². The van der Waals surface area contributed by atoms with Gasteiger partial charge in [0.25, 0.3) is 0 Å². The average molecular weight is 171 g/mol. The molecule has 0 amide bonds. The maximum atomic E-state index is 7.57. The lowest BCUT2D eigenvalue weighted by molar-refractivity contribution is 0.318. The standard InChI is InChI=1S/C6H7NS.C2H6O/c8-7-6-4-2-1-3-5-6;1-2-3/h1-5,7-8H;3H,2H2,1H3. The maximum Gasteiger partial charge on any atom is 0.0437 e. The van der Waals surface area contributed by atoms with Crippen molar-refractivity contribution < 1.29 is 5.11 Å². The van der Waals surface area contributed by atoms with Gasteiger partial charge in [-0.15, -0.1) is 0 Å². The van der Waals surface area contributed by atoms with Crippen molar-refractivity contribution in [2.75, 3.05) is 11.3 Å². The Balaban J connectivity index is 0.000000292. The summed E-state index contributed by atoms with van der Waals surface area (Å²) in [6.07, 6.45) is 0. The molecule has 0 aliphatic carbocycles. The highest BCUT2D eigenvalue weighted by Gasteiger charge is 1.78. The highest BCUT2D eigenvalue weighted by Crippen LogP contribution is 2.04. The third-order valence-corrected chi connectivity index (χ3v) is 1.16. The fourth-order valence-corrected chi connectivity index (χ4v) is 0.662. The number of hydrogen-bond donors (Lipinski definition) is 3. The molecule has 0 heterocycles. The minimum absolute atomic E-state index is 0.250. The zero-order valence-electron chi connectivity index (χ0n) is 6.49. The summed E-state index contributed by atoms with van der Waals surface area (Å²) in [6, 6.07) is 9.78. The molecule has 11 heavy (non-hydrogen) atoms. The van der Waals surface area contributed by atoms with Crippen molar-refractivity contribution in [3.63, 3.8) is 0 Å². The number of thiol groups is 1. The van der Waals surface area contributed by atoms with Crippen LogP contribution in [0.1, 0.15) is 6.92 Å². The van der Waals surface area contributed by atoms with E-state index in [9.17, 15) is 0 Å². The van der Waals surface area contributed by atoms with Crippen LogP contribution >= 0.6 is 12.8 Å². The second-order valence-corrected chi connectivity index (χ2v) is 2.02. The molecule has 0 spiro atoms. The Labute approximate surface area is 72.8 Å². The Morgan fingerprint density at radius 2 is 1.82 bits per heavy atom. The summed E-state index contributed by atoms with van der Waals surface area (Å²) in [4.78, 5) is 0. The summed E-state index contributed by atoms with van der Waals surface area (Å²) in [5, 5.41) is 7.57. The van der Waals surface area contributed by atoms with Crippen LogP contribution in [0.4, 0.5) is 5.69 Å². The summed E-state index contributed by atoms with van der Waals surface area (Å²) < 4.78 is 2.72. The lowest BCUT2D eigenvalue weighted by Crippen LogP contribution is -1.75. The Bertz CT molecular complexity index is 167. The molecule has 0 radical (unpaired) electrons. The van der Waals surface area contributed by atoms with Crippen LogP contribution in [0, 0.1) is 0 Å². The van der Waals surface area contributed by atoms with Crippen LogP contribution in [0.5, 0.6) is 0 Å². The van der Waals surface area contributed by atoms with Crippen LogP contribution in [-0.4, -0.2) is 11.7 Å². The fourth-order valence-electron chi connectivity index (χ4n) is 0.513. The topological polar surface area (TPSA) is 32.3 Å². The molecule has 0 aromatic heterocycles. The first-order valence-corrected chi connectivity index (χ1v) is 3.85. The molecule has 2 N–H and O–H groups in total. The SMILES string of the molecule is CCO.SNc1ccccc1. The van der Waals surface area contributed by atoms with Crippen molar-refractivity contribution in [1.29, 1.82) is 0 Å². The highest BCUT2D eigenvalue weighted by molar-refractivity contribution is 7.81. The number of aliphatic hydroxyl groups excluding tert-OH is 1. The van der Waals surface area contributed by atoms with Crippen LogP contribution < -0.4 is 4.72 Å². The summed E-state index contributed by atoms with van der Waals surface area (Å²) >= 11 is 3.86. The van der Waals surface area contributed by atoms with Crippen molar-refractivity contribution in [1.82, 2.24) is 0 Å². The summed E-state index contributed by atoms with van der Waals surface area (Å²) in [6.45, 7) is 1.93. The predicted octanol–water partition coefficient (Wildman–Crippen LogP) is 1.94. The largest absolute Gasteiger partial charge is 0.397 e. The molecule has 1 rings (SSSR count). The monoisotopic (exact) mass is 171 g/mol. The van der Waals surface area contributed by atoms with Gasteiger partial charge in [0.1, 0.15) is 0 Å². The van der Waals surface area contributed by atoms with Gasteiger partial charge in [0.2, 0.25) is 0 Å². The number of hydrogen-bond acceptors (Lipinski definition) is 3. The first kappa shape index (κ1) is 10.3. The molecule has 0 saturated heterocycles. The normalized spacial score (nSPS) is 7.91. The van der Waals surface area contributed by atoms with Crippen LogP contribution in [0.2, 0.25) is 0 Å². The molecular formula is C8H13NOS. The Hall–Kier alpha value is -0.670. The number of benzene rings is 1. The number of nitrogens with one attached hydrogen (secondary N) is 1. The van der Waals surface area contributed by atoms with Gasteiger partial charge in [-0.2, -0.15) is 0 Å². The molecule has 0 fully saturated rings. The van der Waals surface area contributed by atoms with Gasteiger partial charge in [-0.1, -0.05) is 31.0 Å². The van der Waals surface area contributed by atoms with Crippen molar-refractivity contribution in [3.05, 3.63) is 30.3 Å². The van der Waals surface area contributed by atoms with Crippen LogP contribution in [-0.2, 0) is 0 Å². The quantitative estimate of drug-likeness (QED) is 0.564. The van der Waals surface area contributed by atoms with E-state index in [0.717, 1.165) is 5.69 Å². The highest BCUT2D eigenvalue weighted by atomic mass is 32.1. The lowest BCUT2D eigenvalue weighted by Gasteiger charge is -1.92. The van der Waals surface area contributed by atoms with Gasteiger partial charge in [0, 0.05) is 12.3 Å². The smallest absolute Gasteiger partial charge is 0.0437 e. The van der Waals surface area contributed by atoms with Crippen LogP contribution in [0.25, 0.3) is 0 Å². The molecule has 1 aromatic rings. The van der Waals surface area contributed by atoms with E-state index in [4.69, 9.17) is 5.11 Å². The van der Waals surface area contributed by atoms with E-state index in [-0.39, 0.29) is 6.61 Å². The fraction of sp³-hybridized carbons (Fsp3) is 0.250. The third-order valence-electron chi connectivity index (χ3n) is 0.903. The van der Waals surface area contributed by atoms with Crippen LogP contribution in [0.3, 0.4) is 0 Å². The molecule has 1 aromatic carbocycles. The number of para-hydroxylation sites is 1. The van der Waals surface area contributed by atoms with Gasteiger partial charge in [-0.25, -0.2) is 0 Å². The summed E-state index contributed by atoms with van der Waals surface area (Å²) in [7, 11) is 0. The predicted molar refractivity (Wildman–Crippen MR) is 51.8 cm³/mol. The molecule has 2 nitrogen and oxygen atoms in total. The van der Waals surface area contributed by atoms with E-state index in [2.05, 4.69) is 17.5 Å². The van der Waals surface area contributed by atoms with E-state index in [1.165, 1.54) is 0 Å². The second kappa shape index (κ2) is 7.44. The zero-order valence-corrected chi connectivity index (χ0v) is 7.38. The van der Waals surface area contributed by atoms with Crippen molar-refractivity contribution in [3.8, 4) is 0 Å². The molecule has 3 heteroatoms. The molecule has 0 aliphatic rings. The number of rotatable bonds is 1. The maximum absolute atomic E-state index is 7.57. The van der Waals surface area contributed by atoms with Gasteiger partial charge < -0.3 is 9.83 Å². The van der Waals surface area contributed by atoms with E-state index in [1.54, 1.807) is 6.92 Å². The first-order valence-electron chi connectivity index (χ1n) is 3.41. The van der Waals surface area contributed by atoms with E-state index < -0.39 is 0 Å². The summed E-state index contributed by atoms with van der Waals surface area (Å²) in [5.41, 5.74) is 1.02. The van der Waals surface area contributed by atoms with Gasteiger partial charge in [0.15, 0.2) is 0 Å². The van der Waals surface area contributed by atoms with E-state index >= 15 is 0 Å². The third kappa shape index (κ3) is 5.76. The van der Waals surface area contributed by atoms with Crippen molar-refractivity contribution in [2.45, 2.75) is 6.92 Å². The molecular weight excluding hydrogens is 158 g/mol. The van der Waals surface area contributed by atoms with Gasteiger partial charge >= 0.3 is 0 Å². The first-order chi connectivity index (χ1) is 5.35. The zero-order chi connectivity index (χ0) is 8.53. The molecule has 0 bridgehead atoms. The molecule has 62 valence electrons. The van der Waals surface area contributed by atoms with E-state index in [0.29, 0.717) is 0 Å². The summed E-state index contributed by atoms with van der Waals surface area (Å²) in [5.74, 6) is 0. The Kier molecular flexibility index (Phi) is 6.98. The molecule has 0 saturated carbocycles. The molecule has 0 atom stereocenters. The minimum Gasteiger partial charge on any atom is -0.397 e. The van der Waals surface area contributed by atoms with Crippen molar-refractivity contribution in [2.24, 2.45) is 0 Å².